The topological polar surface area (TPSA) is 154 Å². The van der Waals surface area contributed by atoms with Gasteiger partial charge in [0.25, 0.3) is 17.7 Å². The van der Waals surface area contributed by atoms with Crippen molar-refractivity contribution in [2.24, 2.45) is 0 Å². The number of carboxylic acid groups (broad SMARTS) is 1. The van der Waals surface area contributed by atoms with Crippen molar-refractivity contribution in [3.05, 3.63) is 93.1 Å². The van der Waals surface area contributed by atoms with E-state index in [1.165, 1.54) is 68.8 Å². The maximum atomic E-state index is 13.0. The van der Waals surface area contributed by atoms with E-state index in [4.69, 9.17) is 27.9 Å². The predicted octanol–water partition coefficient (Wildman–Crippen LogP) is 3.19. The van der Waals surface area contributed by atoms with Gasteiger partial charge in [-0.15, -0.1) is 0 Å². The number of aromatic carboxylic acids is 1. The number of amides is 3. The Kier molecular flexibility index (Phi) is 8.08. The van der Waals surface area contributed by atoms with Crippen molar-refractivity contribution in [2.75, 3.05) is 29.8 Å². The molecule has 0 fully saturated rings. The van der Waals surface area contributed by atoms with Crippen LogP contribution in [0.4, 0.5) is 17.1 Å². The van der Waals surface area contributed by atoms with Crippen molar-refractivity contribution in [1.29, 1.82) is 0 Å². The smallest absolute Gasteiger partial charge is 0.337 e. The highest BCUT2D eigenvalue weighted by Gasteiger charge is 2.39. The lowest BCUT2D eigenvalue weighted by Gasteiger charge is -2.15. The van der Waals surface area contributed by atoms with E-state index in [-0.39, 0.29) is 49.6 Å². The average molecular weight is 583 g/mol. The molecule has 3 aromatic carbocycles. The summed E-state index contributed by atoms with van der Waals surface area (Å²) in [4.78, 5) is 62.2. The molecule has 4 rings (SSSR count). The van der Waals surface area contributed by atoms with Crippen LogP contribution in [0.3, 0.4) is 0 Å². The van der Waals surface area contributed by atoms with E-state index in [9.17, 15) is 29.1 Å². The first-order valence-corrected chi connectivity index (χ1v) is 12.1. The Morgan fingerprint density at radius 3 is 2.08 bits per heavy atom. The number of halogens is 2. The van der Waals surface area contributed by atoms with Crippen molar-refractivity contribution in [3.8, 4) is 5.75 Å². The zero-order valence-corrected chi connectivity index (χ0v) is 22.3. The molecule has 1 aliphatic heterocycles. The molecule has 0 radical (unpaired) electrons. The Balaban J connectivity index is 1.47. The van der Waals surface area contributed by atoms with Gasteiger partial charge in [-0.1, -0.05) is 23.2 Å². The van der Waals surface area contributed by atoms with Crippen molar-refractivity contribution in [3.63, 3.8) is 0 Å². The largest absolute Gasteiger partial charge is 0.545 e. The third-order valence-corrected chi connectivity index (χ3v) is 6.41. The molecule has 0 atom stereocenters. The number of esters is 1. The number of rotatable bonds is 8. The number of benzene rings is 3. The Morgan fingerprint density at radius 2 is 1.50 bits per heavy atom. The van der Waals surface area contributed by atoms with Crippen molar-refractivity contribution in [2.45, 2.75) is 0 Å². The number of hydrogen-bond donors (Lipinski definition) is 2. The van der Waals surface area contributed by atoms with E-state index in [1.54, 1.807) is 0 Å². The number of carbonyl (C=O) groups is 5. The lowest BCUT2D eigenvalue weighted by molar-refractivity contribution is -0.255. The van der Waals surface area contributed by atoms with Crippen molar-refractivity contribution < 1.29 is 38.6 Å². The summed E-state index contributed by atoms with van der Waals surface area (Å²) >= 11 is 12.3. The lowest BCUT2D eigenvalue weighted by atomic mass is 10.1. The number of methoxy groups -OCH3 is 2. The zero-order chi connectivity index (χ0) is 29.1. The second-order valence-corrected chi connectivity index (χ2v) is 8.93. The molecule has 11 nitrogen and oxygen atoms in total. The van der Waals surface area contributed by atoms with E-state index in [0.29, 0.717) is 5.69 Å². The van der Waals surface area contributed by atoms with Crippen LogP contribution in [0.5, 0.6) is 5.75 Å². The Morgan fingerprint density at radius 1 is 0.875 bits per heavy atom. The van der Waals surface area contributed by atoms with Gasteiger partial charge in [0, 0.05) is 22.9 Å². The molecular formula is C27H18Cl2N3O8-. The fraction of sp³-hybridized carbons (Fsp3) is 0.0741. The molecule has 0 spiro atoms. The first kappa shape index (κ1) is 28.1. The number of imide groups is 1. The van der Waals surface area contributed by atoms with Gasteiger partial charge < -0.3 is 30.0 Å². The number of nitrogens with one attached hydrogen (secondary N) is 2. The van der Waals surface area contributed by atoms with Gasteiger partial charge in [-0.25, -0.2) is 9.69 Å². The normalized spacial score (nSPS) is 12.8. The molecule has 0 saturated heterocycles. The van der Waals surface area contributed by atoms with Gasteiger partial charge in [-0.3, -0.25) is 14.4 Å². The Labute approximate surface area is 236 Å². The molecule has 1 heterocycles. The monoisotopic (exact) mass is 582 g/mol. The van der Waals surface area contributed by atoms with Gasteiger partial charge in [0.1, 0.15) is 16.5 Å². The highest BCUT2D eigenvalue weighted by Crippen LogP contribution is 2.32. The molecule has 40 heavy (non-hydrogen) atoms. The third kappa shape index (κ3) is 5.46. The second-order valence-electron chi connectivity index (χ2n) is 8.15. The van der Waals surface area contributed by atoms with Crippen LogP contribution in [-0.4, -0.2) is 43.9 Å². The first-order valence-electron chi connectivity index (χ1n) is 11.3. The van der Waals surface area contributed by atoms with Gasteiger partial charge in [0.05, 0.1) is 42.1 Å². The summed E-state index contributed by atoms with van der Waals surface area (Å²) in [6.45, 7) is 0. The fourth-order valence-corrected chi connectivity index (χ4v) is 4.16. The van der Waals surface area contributed by atoms with E-state index < -0.39 is 29.7 Å². The summed E-state index contributed by atoms with van der Waals surface area (Å²) < 4.78 is 9.66. The van der Waals surface area contributed by atoms with Gasteiger partial charge in [-0.2, -0.15) is 0 Å². The number of carboxylic acids is 1. The molecule has 3 aromatic rings. The summed E-state index contributed by atoms with van der Waals surface area (Å²) in [7, 11) is 2.49. The molecule has 13 heteroatoms. The minimum atomic E-state index is -1.49. The molecule has 0 bridgehead atoms. The zero-order valence-electron chi connectivity index (χ0n) is 20.7. The van der Waals surface area contributed by atoms with Gasteiger partial charge in [-0.05, 0) is 54.6 Å². The molecule has 204 valence electrons. The average Bonchev–Trinajstić information content (AvgIpc) is 3.16. The first-order chi connectivity index (χ1) is 19.0. The lowest BCUT2D eigenvalue weighted by Crippen LogP contribution is -2.32. The van der Waals surface area contributed by atoms with Crippen molar-refractivity contribution >= 4 is 69.9 Å². The Hall–Kier alpha value is -4.87. The van der Waals surface area contributed by atoms with Crippen LogP contribution in [0.2, 0.25) is 5.02 Å². The van der Waals surface area contributed by atoms with Gasteiger partial charge in [0.2, 0.25) is 0 Å². The number of anilines is 3. The SMILES string of the molecule is COC(=O)c1ccc(N2C(=O)C(Cl)=C(Nc3ccc(C(=O)Nc4cc(OC)c(C(=O)[O-])cc4Cl)cc3)C2=O)cc1. The van der Waals surface area contributed by atoms with Crippen LogP contribution in [0.25, 0.3) is 0 Å². The van der Waals surface area contributed by atoms with Crippen LogP contribution in [0.1, 0.15) is 31.1 Å². The van der Waals surface area contributed by atoms with Crippen molar-refractivity contribution in [1.82, 2.24) is 0 Å². The Bertz CT molecular complexity index is 1580. The molecule has 0 unspecified atom stereocenters. The third-order valence-electron chi connectivity index (χ3n) is 5.75. The minimum absolute atomic E-state index is 0.0397. The maximum absolute atomic E-state index is 13.0. The molecule has 0 aromatic heterocycles. The summed E-state index contributed by atoms with van der Waals surface area (Å²) in [5.74, 6) is -4.15. The number of carbonyl (C=O) groups excluding carboxylic acids is 5. The molecule has 0 saturated carbocycles. The number of hydrogen-bond acceptors (Lipinski definition) is 9. The van der Waals surface area contributed by atoms with E-state index in [1.807, 2.05) is 0 Å². The summed E-state index contributed by atoms with van der Waals surface area (Å²) in [6, 6.07) is 13.9. The molecule has 3 amide bonds. The summed E-state index contributed by atoms with van der Waals surface area (Å²) in [5.41, 5.74) is 0.661. The highest BCUT2D eigenvalue weighted by molar-refractivity contribution is 6.53. The summed E-state index contributed by atoms with van der Waals surface area (Å²) in [5, 5.41) is 16.2. The molecular weight excluding hydrogens is 565 g/mol. The quantitative estimate of drug-likeness (QED) is 0.301. The molecule has 0 aliphatic carbocycles. The maximum Gasteiger partial charge on any atom is 0.337 e. The molecule has 1 aliphatic rings. The van der Waals surface area contributed by atoms with Gasteiger partial charge >= 0.3 is 5.97 Å². The fourth-order valence-electron chi connectivity index (χ4n) is 3.73. The predicted molar refractivity (Wildman–Crippen MR) is 144 cm³/mol. The number of ether oxygens (including phenoxy) is 2. The highest BCUT2D eigenvalue weighted by atomic mass is 35.5. The standard InChI is InChI=1S/C27H19Cl2N3O8/c1-39-20-12-19(18(28)11-17(20)26(36)37)31-23(33)13-3-7-15(8-4-13)30-22-21(29)24(34)32(25(22)35)16-9-5-14(6-10-16)27(38)40-2/h3-12,30H,1-2H3,(H,31,33)(H,36,37)/p-1. The van der Waals surface area contributed by atoms with Crippen LogP contribution in [0.15, 0.2) is 71.4 Å². The second kappa shape index (κ2) is 11.5. The van der Waals surface area contributed by atoms with E-state index in [0.717, 1.165) is 11.0 Å². The molecule has 2 N–H and O–H groups in total. The van der Waals surface area contributed by atoms with Crippen LogP contribution in [0, 0.1) is 0 Å². The van der Waals surface area contributed by atoms with E-state index >= 15 is 0 Å². The van der Waals surface area contributed by atoms with Crippen LogP contribution >= 0.6 is 23.2 Å². The summed E-state index contributed by atoms with van der Waals surface area (Å²) in [6.07, 6.45) is 0. The van der Waals surface area contributed by atoms with E-state index in [2.05, 4.69) is 15.4 Å². The van der Waals surface area contributed by atoms with Crippen LogP contribution in [-0.2, 0) is 14.3 Å². The number of nitrogens with zero attached hydrogens (tertiary/aromatic N) is 1. The van der Waals surface area contributed by atoms with Gasteiger partial charge in [0.15, 0.2) is 0 Å². The van der Waals surface area contributed by atoms with Crippen LogP contribution < -0.4 is 25.4 Å². The minimum Gasteiger partial charge on any atom is -0.545 e.